The average Bonchev–Trinajstić information content (AvgIpc) is 2.02. The Kier molecular flexibility index (Phi) is 6.70. The van der Waals surface area contributed by atoms with E-state index >= 15 is 0 Å². The molecule has 72 valence electrons. The molecule has 1 atom stereocenters. The minimum atomic E-state index is -0.0682. The van der Waals surface area contributed by atoms with E-state index in [4.69, 9.17) is 5.73 Å². The Morgan fingerprint density at radius 3 is 2.83 bits per heavy atom. The molecule has 4 nitrogen and oxygen atoms in total. The predicted octanol–water partition coefficient (Wildman–Crippen LogP) is -0.266. The molecule has 0 aromatic carbocycles. The van der Waals surface area contributed by atoms with E-state index in [1.54, 1.807) is 0 Å². The Hall–Kier alpha value is -0.610. The lowest BCUT2D eigenvalue weighted by atomic mass is 10.1. The minimum Gasteiger partial charge on any atom is -0.375 e. The third-order valence-electron chi connectivity index (χ3n) is 1.58. The van der Waals surface area contributed by atoms with Gasteiger partial charge in [-0.1, -0.05) is 6.92 Å². The number of carbonyl (C=O) groups excluding carboxylic acids is 1. The number of rotatable bonds is 6. The molecule has 0 bridgehead atoms. The van der Waals surface area contributed by atoms with Crippen molar-refractivity contribution in [2.45, 2.75) is 13.3 Å². The van der Waals surface area contributed by atoms with E-state index in [1.165, 1.54) is 7.11 Å². The number of ether oxygens (including phenoxy) is 1. The summed E-state index contributed by atoms with van der Waals surface area (Å²) in [5, 5.41) is 2.75. The van der Waals surface area contributed by atoms with Gasteiger partial charge < -0.3 is 15.8 Å². The Balaban J connectivity index is 3.33. The molecule has 0 saturated heterocycles. The third-order valence-corrected chi connectivity index (χ3v) is 1.58. The van der Waals surface area contributed by atoms with Gasteiger partial charge >= 0.3 is 0 Å². The number of hydrogen-bond donors (Lipinski definition) is 2. The zero-order chi connectivity index (χ0) is 9.40. The largest absolute Gasteiger partial charge is 0.375 e. The molecule has 1 amide bonds. The Labute approximate surface area is 73.5 Å². The van der Waals surface area contributed by atoms with Crippen LogP contribution >= 0.6 is 0 Å². The molecular weight excluding hydrogens is 156 g/mol. The first kappa shape index (κ1) is 11.4. The van der Waals surface area contributed by atoms with E-state index in [-0.39, 0.29) is 12.5 Å². The molecule has 0 aliphatic carbocycles. The second-order valence-corrected chi connectivity index (χ2v) is 2.92. The van der Waals surface area contributed by atoms with Crippen molar-refractivity contribution in [3.05, 3.63) is 0 Å². The van der Waals surface area contributed by atoms with Crippen molar-refractivity contribution in [2.75, 3.05) is 26.8 Å². The van der Waals surface area contributed by atoms with Gasteiger partial charge in [-0.15, -0.1) is 0 Å². The maximum Gasteiger partial charge on any atom is 0.245 e. The molecule has 0 aromatic rings. The summed E-state index contributed by atoms with van der Waals surface area (Å²) in [5.74, 6) is 0.372. The van der Waals surface area contributed by atoms with Gasteiger partial charge in [0, 0.05) is 13.7 Å². The van der Waals surface area contributed by atoms with E-state index in [1.807, 2.05) is 0 Å². The summed E-state index contributed by atoms with van der Waals surface area (Å²) in [6.07, 6.45) is 0.938. The van der Waals surface area contributed by atoms with E-state index in [0.29, 0.717) is 19.0 Å². The van der Waals surface area contributed by atoms with E-state index < -0.39 is 0 Å². The lowest BCUT2D eigenvalue weighted by Crippen LogP contribution is -2.31. The zero-order valence-corrected chi connectivity index (χ0v) is 7.80. The van der Waals surface area contributed by atoms with Crippen LogP contribution in [0.1, 0.15) is 13.3 Å². The van der Waals surface area contributed by atoms with Crippen LogP contribution in [0.3, 0.4) is 0 Å². The summed E-state index contributed by atoms with van der Waals surface area (Å²) >= 11 is 0. The predicted molar refractivity (Wildman–Crippen MR) is 47.7 cm³/mol. The average molecular weight is 174 g/mol. The Morgan fingerprint density at radius 2 is 2.33 bits per heavy atom. The first-order chi connectivity index (χ1) is 5.70. The fourth-order valence-electron chi connectivity index (χ4n) is 0.857. The summed E-state index contributed by atoms with van der Waals surface area (Å²) in [6, 6.07) is 0. The van der Waals surface area contributed by atoms with Crippen LogP contribution in [-0.4, -0.2) is 32.7 Å². The summed E-state index contributed by atoms with van der Waals surface area (Å²) < 4.78 is 4.66. The van der Waals surface area contributed by atoms with Gasteiger partial charge in [-0.25, -0.2) is 0 Å². The van der Waals surface area contributed by atoms with E-state index in [0.717, 1.165) is 6.42 Å². The van der Waals surface area contributed by atoms with Crippen molar-refractivity contribution in [1.82, 2.24) is 5.32 Å². The highest BCUT2D eigenvalue weighted by Gasteiger charge is 2.03. The molecule has 0 radical (unpaired) electrons. The highest BCUT2D eigenvalue weighted by atomic mass is 16.5. The highest BCUT2D eigenvalue weighted by Crippen LogP contribution is 1.96. The van der Waals surface area contributed by atoms with Gasteiger partial charge in [0.15, 0.2) is 0 Å². The van der Waals surface area contributed by atoms with Gasteiger partial charge in [-0.3, -0.25) is 4.79 Å². The first-order valence-electron chi connectivity index (χ1n) is 4.16. The third kappa shape index (κ3) is 6.12. The molecule has 0 rings (SSSR count). The number of carbonyl (C=O) groups is 1. The van der Waals surface area contributed by atoms with Crippen LogP contribution in [0.2, 0.25) is 0 Å². The highest BCUT2D eigenvalue weighted by molar-refractivity contribution is 5.77. The minimum absolute atomic E-state index is 0.0682. The molecule has 0 saturated carbocycles. The van der Waals surface area contributed by atoms with Crippen LogP contribution in [0.25, 0.3) is 0 Å². The van der Waals surface area contributed by atoms with Crippen LogP contribution < -0.4 is 11.1 Å². The van der Waals surface area contributed by atoms with Crippen LogP contribution in [0.4, 0.5) is 0 Å². The van der Waals surface area contributed by atoms with Crippen molar-refractivity contribution in [2.24, 2.45) is 11.7 Å². The topological polar surface area (TPSA) is 64.3 Å². The van der Waals surface area contributed by atoms with Crippen molar-refractivity contribution in [3.8, 4) is 0 Å². The smallest absolute Gasteiger partial charge is 0.245 e. The molecule has 0 aliphatic rings. The lowest BCUT2D eigenvalue weighted by molar-refractivity contribution is -0.124. The van der Waals surface area contributed by atoms with Crippen molar-refractivity contribution >= 4 is 5.91 Å². The quantitative estimate of drug-likeness (QED) is 0.583. The maximum absolute atomic E-state index is 10.9. The van der Waals surface area contributed by atoms with Gasteiger partial charge in [-0.2, -0.15) is 0 Å². The fourth-order valence-corrected chi connectivity index (χ4v) is 0.857. The number of nitrogens with two attached hydrogens (primary N) is 1. The number of hydrogen-bond acceptors (Lipinski definition) is 3. The number of methoxy groups -OCH3 is 1. The summed E-state index contributed by atoms with van der Waals surface area (Å²) in [6.45, 7) is 3.54. The molecule has 1 unspecified atom stereocenters. The second-order valence-electron chi connectivity index (χ2n) is 2.92. The van der Waals surface area contributed by atoms with Crippen LogP contribution in [0.15, 0.2) is 0 Å². The molecule has 0 heterocycles. The molecule has 12 heavy (non-hydrogen) atoms. The summed E-state index contributed by atoms with van der Waals surface area (Å²) in [5.41, 5.74) is 5.36. The monoisotopic (exact) mass is 174 g/mol. The van der Waals surface area contributed by atoms with Gasteiger partial charge in [0.1, 0.15) is 6.61 Å². The van der Waals surface area contributed by atoms with Crippen LogP contribution in [0, 0.1) is 5.92 Å². The fraction of sp³-hybridized carbons (Fsp3) is 0.875. The molecular formula is C8H18N2O2. The zero-order valence-electron chi connectivity index (χ0n) is 7.80. The Bertz CT molecular complexity index is 128. The van der Waals surface area contributed by atoms with Crippen molar-refractivity contribution < 1.29 is 9.53 Å². The number of nitrogens with one attached hydrogen (secondary N) is 1. The second kappa shape index (κ2) is 7.06. The maximum atomic E-state index is 10.9. The molecule has 0 aromatic heterocycles. The van der Waals surface area contributed by atoms with Crippen LogP contribution in [-0.2, 0) is 9.53 Å². The van der Waals surface area contributed by atoms with E-state index in [9.17, 15) is 4.79 Å². The normalized spacial score (nSPS) is 12.6. The SMILES string of the molecule is COCC(=O)NCC(C)CCN. The molecule has 0 spiro atoms. The standard InChI is InChI=1S/C8H18N2O2/c1-7(3-4-9)5-10-8(11)6-12-2/h7H,3-6,9H2,1-2H3,(H,10,11). The Morgan fingerprint density at radius 1 is 1.67 bits per heavy atom. The van der Waals surface area contributed by atoms with Gasteiger partial charge in [0.25, 0.3) is 0 Å². The van der Waals surface area contributed by atoms with Crippen LogP contribution in [0.5, 0.6) is 0 Å². The molecule has 4 heteroatoms. The van der Waals surface area contributed by atoms with Gasteiger partial charge in [-0.05, 0) is 18.9 Å². The van der Waals surface area contributed by atoms with Crippen molar-refractivity contribution in [3.63, 3.8) is 0 Å². The van der Waals surface area contributed by atoms with Gasteiger partial charge in [0.2, 0.25) is 5.91 Å². The van der Waals surface area contributed by atoms with E-state index in [2.05, 4.69) is 17.0 Å². The summed E-state index contributed by atoms with van der Waals surface area (Å²) in [4.78, 5) is 10.9. The van der Waals surface area contributed by atoms with Crippen molar-refractivity contribution in [1.29, 1.82) is 0 Å². The summed E-state index contributed by atoms with van der Waals surface area (Å²) in [7, 11) is 1.50. The lowest BCUT2D eigenvalue weighted by Gasteiger charge is -2.10. The molecule has 0 fully saturated rings. The number of amides is 1. The first-order valence-corrected chi connectivity index (χ1v) is 4.16. The molecule has 0 aliphatic heterocycles. The molecule has 3 N–H and O–H groups in total. The van der Waals surface area contributed by atoms with Gasteiger partial charge in [0.05, 0.1) is 0 Å².